The molecule has 0 bridgehead atoms. The van der Waals surface area contributed by atoms with E-state index in [2.05, 4.69) is 58.4 Å². The van der Waals surface area contributed by atoms with Crippen molar-refractivity contribution >= 4 is 30.6 Å². The van der Waals surface area contributed by atoms with Crippen LogP contribution in [0.2, 0.25) is 19.6 Å². The Morgan fingerprint density at radius 3 is 2.60 bits per heavy atom. The van der Waals surface area contributed by atoms with Crippen molar-refractivity contribution in [1.29, 1.82) is 0 Å². The normalized spacial score (nSPS) is 15.8. The van der Waals surface area contributed by atoms with Gasteiger partial charge in [-0.3, -0.25) is 4.79 Å². The van der Waals surface area contributed by atoms with Crippen LogP contribution >= 0.6 is 0 Å². The van der Waals surface area contributed by atoms with Gasteiger partial charge in [-0.1, -0.05) is 43.8 Å². The van der Waals surface area contributed by atoms with Crippen LogP contribution in [0.1, 0.15) is 38.8 Å². The summed E-state index contributed by atoms with van der Waals surface area (Å²) in [5, 5.41) is 4.31. The molecule has 30 heavy (non-hydrogen) atoms. The zero-order chi connectivity index (χ0) is 21.6. The van der Waals surface area contributed by atoms with Crippen molar-refractivity contribution in [3.05, 3.63) is 64.3 Å². The standard InChI is InChI=1S/C24H28N4OSi/c1-28(2)14-21-22(16-8-6-7-9-20(16)26-21)23-17-12-15(10-11-30(3,4)5)19(25)13-18(17)24(29)27-23/h6-9,12-13,23,26H,14,25H2,1-5H3,(H,27,29). The number of H-pyrrole nitrogens is 1. The molecule has 3 aromatic rings. The zero-order valence-corrected chi connectivity index (χ0v) is 19.2. The smallest absolute Gasteiger partial charge is 0.252 e. The Labute approximate surface area is 178 Å². The number of nitrogens with zero attached hydrogens (tertiary/aromatic N) is 1. The van der Waals surface area contributed by atoms with Crippen molar-refractivity contribution in [3.63, 3.8) is 0 Å². The number of nitrogens with two attached hydrogens (primary N) is 1. The molecule has 1 atom stereocenters. The summed E-state index contributed by atoms with van der Waals surface area (Å²) < 4.78 is 0. The quantitative estimate of drug-likeness (QED) is 0.345. The Morgan fingerprint density at radius 2 is 1.90 bits per heavy atom. The van der Waals surface area contributed by atoms with Gasteiger partial charge >= 0.3 is 0 Å². The summed E-state index contributed by atoms with van der Waals surface area (Å²) in [5.74, 6) is 3.19. The number of anilines is 1. The van der Waals surface area contributed by atoms with Gasteiger partial charge in [-0.05, 0) is 37.9 Å². The predicted octanol–water partition coefficient (Wildman–Crippen LogP) is 3.87. The van der Waals surface area contributed by atoms with Crippen LogP contribution in [-0.4, -0.2) is 38.0 Å². The molecule has 0 radical (unpaired) electrons. The number of nitrogens with one attached hydrogen (secondary N) is 2. The zero-order valence-electron chi connectivity index (χ0n) is 18.2. The average Bonchev–Trinajstić information content (AvgIpc) is 3.15. The highest BCUT2D eigenvalue weighted by Crippen LogP contribution is 2.39. The van der Waals surface area contributed by atoms with Crippen LogP contribution in [0, 0.1) is 11.5 Å². The van der Waals surface area contributed by atoms with E-state index in [4.69, 9.17) is 5.73 Å². The first-order valence-electron chi connectivity index (χ1n) is 10.2. The molecular formula is C24H28N4OSi. The van der Waals surface area contributed by atoms with E-state index in [1.54, 1.807) is 6.07 Å². The SMILES string of the molecule is CN(C)Cc1[nH]c2ccccc2c1C1NC(=O)c2cc(N)c(C#C[Si](C)(C)C)cc21. The van der Waals surface area contributed by atoms with Crippen molar-refractivity contribution < 1.29 is 4.79 Å². The highest BCUT2D eigenvalue weighted by molar-refractivity contribution is 6.83. The molecule has 1 aliphatic heterocycles. The van der Waals surface area contributed by atoms with E-state index in [9.17, 15) is 4.79 Å². The maximum absolute atomic E-state index is 12.8. The molecule has 1 aliphatic rings. The van der Waals surface area contributed by atoms with E-state index >= 15 is 0 Å². The second kappa shape index (κ2) is 7.35. The van der Waals surface area contributed by atoms with Crippen LogP contribution in [-0.2, 0) is 6.54 Å². The van der Waals surface area contributed by atoms with Gasteiger partial charge < -0.3 is 20.9 Å². The van der Waals surface area contributed by atoms with Crippen LogP contribution < -0.4 is 11.1 Å². The number of aromatic amines is 1. The van der Waals surface area contributed by atoms with Gasteiger partial charge in [-0.15, -0.1) is 5.54 Å². The maximum Gasteiger partial charge on any atom is 0.252 e. The van der Waals surface area contributed by atoms with E-state index in [-0.39, 0.29) is 11.9 Å². The Morgan fingerprint density at radius 1 is 1.17 bits per heavy atom. The number of para-hydroxylation sites is 1. The van der Waals surface area contributed by atoms with E-state index in [0.717, 1.165) is 39.8 Å². The van der Waals surface area contributed by atoms with Crippen molar-refractivity contribution in [2.75, 3.05) is 19.8 Å². The molecule has 154 valence electrons. The highest BCUT2D eigenvalue weighted by atomic mass is 28.3. The van der Waals surface area contributed by atoms with E-state index < -0.39 is 8.07 Å². The van der Waals surface area contributed by atoms with Crippen molar-refractivity contribution in [1.82, 2.24) is 15.2 Å². The number of carbonyl (C=O) groups is 1. The van der Waals surface area contributed by atoms with Crippen molar-refractivity contribution in [3.8, 4) is 11.5 Å². The first-order chi connectivity index (χ1) is 14.1. The third kappa shape index (κ3) is 3.74. The van der Waals surface area contributed by atoms with Gasteiger partial charge in [-0.2, -0.15) is 0 Å². The number of rotatable bonds is 3. The number of benzene rings is 2. The summed E-state index contributed by atoms with van der Waals surface area (Å²) in [7, 11) is 2.54. The van der Waals surface area contributed by atoms with Crippen molar-refractivity contribution in [2.24, 2.45) is 0 Å². The molecule has 0 saturated heterocycles. The van der Waals surface area contributed by atoms with Gasteiger partial charge in [0.25, 0.3) is 5.91 Å². The molecule has 5 nitrogen and oxygen atoms in total. The Bertz CT molecular complexity index is 1210. The van der Waals surface area contributed by atoms with Crippen LogP contribution in [0.4, 0.5) is 5.69 Å². The number of hydrogen-bond acceptors (Lipinski definition) is 3. The van der Waals surface area contributed by atoms with Crippen LogP contribution in [0.5, 0.6) is 0 Å². The molecule has 0 saturated carbocycles. The fourth-order valence-corrected chi connectivity index (χ4v) is 4.45. The first-order valence-corrected chi connectivity index (χ1v) is 13.7. The Hall–Kier alpha value is -3.01. The van der Waals surface area contributed by atoms with Gasteiger partial charge in [0.05, 0.1) is 6.04 Å². The average molecular weight is 417 g/mol. The molecule has 0 aliphatic carbocycles. The fraction of sp³-hybridized carbons (Fsp3) is 0.292. The number of fused-ring (bicyclic) bond motifs is 2. The molecule has 6 heteroatoms. The second-order valence-electron chi connectivity index (χ2n) is 9.23. The molecular weight excluding hydrogens is 388 g/mol. The lowest BCUT2D eigenvalue weighted by Gasteiger charge is -2.17. The largest absolute Gasteiger partial charge is 0.398 e. The molecule has 4 rings (SSSR count). The lowest BCUT2D eigenvalue weighted by molar-refractivity contribution is 0.0960. The van der Waals surface area contributed by atoms with E-state index in [1.807, 2.05) is 32.3 Å². The first kappa shape index (κ1) is 20.3. The summed E-state index contributed by atoms with van der Waals surface area (Å²) in [6.45, 7) is 7.37. The monoisotopic (exact) mass is 416 g/mol. The molecule has 2 aromatic carbocycles. The minimum atomic E-state index is -1.55. The number of hydrogen-bond donors (Lipinski definition) is 3. The molecule has 0 fully saturated rings. The van der Waals surface area contributed by atoms with Crippen LogP contribution in [0.15, 0.2) is 36.4 Å². The number of nitrogen functional groups attached to an aromatic ring is 1. The van der Waals surface area contributed by atoms with Crippen LogP contribution in [0.25, 0.3) is 10.9 Å². The van der Waals surface area contributed by atoms with Crippen molar-refractivity contribution in [2.45, 2.75) is 32.2 Å². The maximum atomic E-state index is 12.8. The fourth-order valence-electron chi connectivity index (χ4n) is 3.94. The highest BCUT2D eigenvalue weighted by Gasteiger charge is 2.34. The molecule has 2 heterocycles. The topological polar surface area (TPSA) is 74.2 Å². The minimum Gasteiger partial charge on any atom is -0.398 e. The summed E-state index contributed by atoms with van der Waals surface area (Å²) in [6, 6.07) is 11.8. The summed E-state index contributed by atoms with van der Waals surface area (Å²) in [6.07, 6.45) is 0. The predicted molar refractivity (Wildman–Crippen MR) is 126 cm³/mol. The van der Waals surface area contributed by atoms with E-state index in [0.29, 0.717) is 11.3 Å². The summed E-state index contributed by atoms with van der Waals surface area (Å²) >= 11 is 0. The second-order valence-corrected chi connectivity index (χ2v) is 14.0. The Kier molecular flexibility index (Phi) is 4.96. The number of aromatic nitrogens is 1. The Balaban J connectivity index is 1.90. The lowest BCUT2D eigenvalue weighted by Crippen LogP contribution is -2.22. The number of amides is 1. The third-order valence-corrected chi connectivity index (χ3v) is 6.09. The molecule has 1 amide bonds. The lowest BCUT2D eigenvalue weighted by atomic mass is 9.93. The third-order valence-electron chi connectivity index (χ3n) is 5.22. The molecule has 1 aromatic heterocycles. The minimum absolute atomic E-state index is 0.0903. The molecule has 0 spiro atoms. The number of carbonyl (C=O) groups excluding carboxylic acids is 1. The van der Waals surface area contributed by atoms with Gasteiger partial charge in [-0.25, -0.2) is 0 Å². The molecule has 4 N–H and O–H groups in total. The van der Waals surface area contributed by atoms with Gasteiger partial charge in [0, 0.05) is 45.5 Å². The van der Waals surface area contributed by atoms with E-state index in [1.165, 1.54) is 0 Å². The van der Waals surface area contributed by atoms with Gasteiger partial charge in [0.1, 0.15) is 8.07 Å². The van der Waals surface area contributed by atoms with Crippen LogP contribution in [0.3, 0.4) is 0 Å². The van der Waals surface area contributed by atoms with Gasteiger partial charge in [0.15, 0.2) is 0 Å². The van der Waals surface area contributed by atoms with Gasteiger partial charge in [0.2, 0.25) is 0 Å². The molecule has 1 unspecified atom stereocenters. The summed E-state index contributed by atoms with van der Waals surface area (Å²) in [5.41, 5.74) is 15.9. The summed E-state index contributed by atoms with van der Waals surface area (Å²) in [4.78, 5) is 18.5.